The second kappa shape index (κ2) is 6.84. The van der Waals surface area contributed by atoms with Crippen molar-refractivity contribution in [2.45, 2.75) is 13.5 Å². The molecule has 0 bridgehead atoms. The third kappa shape index (κ3) is 3.28. The lowest BCUT2D eigenvalue weighted by Gasteiger charge is -2.11. The zero-order valence-electron chi connectivity index (χ0n) is 14.8. The van der Waals surface area contributed by atoms with Crippen molar-refractivity contribution < 1.29 is 9.47 Å². The highest BCUT2D eigenvalue weighted by atomic mass is 16.5. The maximum Gasteiger partial charge on any atom is 0.348 e. The van der Waals surface area contributed by atoms with Crippen LogP contribution in [0.5, 0.6) is 11.8 Å². The number of ether oxygens (including phenoxy) is 2. The summed E-state index contributed by atoms with van der Waals surface area (Å²) in [7, 11) is 4.78. The smallest absolute Gasteiger partial charge is 0.348 e. The molecule has 1 heterocycles. The van der Waals surface area contributed by atoms with Crippen molar-refractivity contribution in [1.82, 2.24) is 14.3 Å². The topological polar surface area (TPSA) is 58.3 Å². The summed E-state index contributed by atoms with van der Waals surface area (Å²) in [5.74, 6) is 0.822. The van der Waals surface area contributed by atoms with Gasteiger partial charge in [-0.1, -0.05) is 24.3 Å². The van der Waals surface area contributed by atoms with Crippen molar-refractivity contribution in [3.05, 3.63) is 64.1 Å². The lowest BCUT2D eigenvalue weighted by molar-refractivity contribution is 0.357. The first-order chi connectivity index (χ1) is 12.0. The summed E-state index contributed by atoms with van der Waals surface area (Å²) in [6, 6.07) is 14.4. The maximum absolute atomic E-state index is 12.3. The van der Waals surface area contributed by atoms with Crippen LogP contribution in [0.3, 0.4) is 0 Å². The molecule has 0 spiro atoms. The van der Waals surface area contributed by atoms with Gasteiger partial charge in [-0.25, -0.2) is 14.0 Å². The summed E-state index contributed by atoms with van der Waals surface area (Å²) in [5, 5.41) is 4.09. The number of hydrogen-bond acceptors (Lipinski definition) is 4. The van der Waals surface area contributed by atoms with Crippen LogP contribution in [0.2, 0.25) is 0 Å². The fourth-order valence-electron chi connectivity index (χ4n) is 2.74. The summed E-state index contributed by atoms with van der Waals surface area (Å²) in [6.45, 7) is 2.44. The Kier molecular flexibility index (Phi) is 4.61. The van der Waals surface area contributed by atoms with Gasteiger partial charge < -0.3 is 9.47 Å². The summed E-state index contributed by atoms with van der Waals surface area (Å²) in [4.78, 5) is 12.3. The van der Waals surface area contributed by atoms with E-state index in [4.69, 9.17) is 9.47 Å². The molecule has 0 unspecified atom stereocenters. The Morgan fingerprint density at radius 1 is 1.00 bits per heavy atom. The summed E-state index contributed by atoms with van der Waals surface area (Å²) >= 11 is 0. The van der Waals surface area contributed by atoms with Gasteiger partial charge in [0.1, 0.15) is 5.75 Å². The molecule has 0 radical (unpaired) electrons. The Labute approximate surface area is 146 Å². The van der Waals surface area contributed by atoms with Gasteiger partial charge in [-0.05, 0) is 47.4 Å². The molecule has 0 atom stereocenters. The van der Waals surface area contributed by atoms with Gasteiger partial charge >= 0.3 is 11.7 Å². The number of benzene rings is 2. The first-order valence-corrected chi connectivity index (χ1v) is 7.95. The summed E-state index contributed by atoms with van der Waals surface area (Å²) < 4.78 is 13.2. The van der Waals surface area contributed by atoms with Crippen molar-refractivity contribution in [3.63, 3.8) is 0 Å². The minimum atomic E-state index is -0.203. The van der Waals surface area contributed by atoms with Crippen LogP contribution in [0, 0.1) is 6.92 Å². The molecule has 0 fully saturated rings. The maximum atomic E-state index is 12.3. The van der Waals surface area contributed by atoms with E-state index in [-0.39, 0.29) is 5.69 Å². The van der Waals surface area contributed by atoms with E-state index >= 15 is 0 Å². The van der Waals surface area contributed by atoms with Crippen LogP contribution in [0.1, 0.15) is 11.1 Å². The van der Waals surface area contributed by atoms with Gasteiger partial charge in [0.25, 0.3) is 0 Å². The molecule has 0 amide bonds. The van der Waals surface area contributed by atoms with Gasteiger partial charge in [0, 0.05) is 7.05 Å². The largest absolute Gasteiger partial charge is 0.497 e. The van der Waals surface area contributed by atoms with Gasteiger partial charge in [0.05, 0.1) is 20.8 Å². The van der Waals surface area contributed by atoms with Crippen LogP contribution in [0.25, 0.3) is 11.1 Å². The Morgan fingerprint density at radius 3 is 2.32 bits per heavy atom. The quantitative estimate of drug-likeness (QED) is 0.717. The molecule has 0 saturated carbocycles. The molecule has 0 aliphatic rings. The first kappa shape index (κ1) is 16.8. The van der Waals surface area contributed by atoms with Crippen molar-refractivity contribution in [3.8, 4) is 22.9 Å². The van der Waals surface area contributed by atoms with E-state index in [1.165, 1.54) is 16.4 Å². The van der Waals surface area contributed by atoms with Gasteiger partial charge in [-0.2, -0.15) is 0 Å². The van der Waals surface area contributed by atoms with E-state index in [2.05, 4.69) is 23.3 Å². The Hall–Kier alpha value is -3.02. The molecule has 6 nitrogen and oxygen atoms in total. The number of aromatic nitrogens is 3. The standard InChI is InChI=1S/C19H21N3O3/c1-13-5-6-15(14-7-9-17(24-3)10-8-14)11-16(13)12-22-18(25-4)20-21(2)19(22)23/h5-11H,12H2,1-4H3. The van der Waals surface area contributed by atoms with Crippen LogP contribution in [0.15, 0.2) is 47.3 Å². The molecule has 130 valence electrons. The predicted molar refractivity (Wildman–Crippen MR) is 96.3 cm³/mol. The van der Waals surface area contributed by atoms with Gasteiger partial charge in [0.2, 0.25) is 0 Å². The molecule has 3 aromatic rings. The second-order valence-electron chi connectivity index (χ2n) is 5.85. The van der Waals surface area contributed by atoms with Crippen molar-refractivity contribution in [2.75, 3.05) is 14.2 Å². The van der Waals surface area contributed by atoms with Gasteiger partial charge in [-0.15, -0.1) is 5.10 Å². The minimum absolute atomic E-state index is 0.203. The van der Waals surface area contributed by atoms with Crippen LogP contribution in [-0.2, 0) is 13.6 Å². The summed E-state index contributed by atoms with van der Waals surface area (Å²) in [6.07, 6.45) is 0. The van der Waals surface area contributed by atoms with Crippen molar-refractivity contribution >= 4 is 0 Å². The lowest BCUT2D eigenvalue weighted by atomic mass is 9.99. The summed E-state index contributed by atoms with van der Waals surface area (Å²) in [5.41, 5.74) is 4.12. The van der Waals surface area contributed by atoms with Crippen LogP contribution in [0.4, 0.5) is 0 Å². The van der Waals surface area contributed by atoms with E-state index in [1.54, 1.807) is 14.2 Å². The highest BCUT2D eigenvalue weighted by Crippen LogP contribution is 2.25. The lowest BCUT2D eigenvalue weighted by Crippen LogP contribution is -2.23. The van der Waals surface area contributed by atoms with Crippen molar-refractivity contribution in [2.24, 2.45) is 7.05 Å². The van der Waals surface area contributed by atoms with Crippen LogP contribution >= 0.6 is 0 Å². The highest BCUT2D eigenvalue weighted by molar-refractivity contribution is 5.65. The van der Waals surface area contributed by atoms with Crippen LogP contribution < -0.4 is 15.2 Å². The molecule has 2 aromatic carbocycles. The zero-order valence-corrected chi connectivity index (χ0v) is 14.8. The average Bonchev–Trinajstić information content (AvgIpc) is 2.91. The normalized spacial score (nSPS) is 10.7. The van der Waals surface area contributed by atoms with Crippen LogP contribution in [-0.4, -0.2) is 28.6 Å². The molecular weight excluding hydrogens is 318 g/mol. The molecule has 0 aliphatic heterocycles. The fourth-order valence-corrected chi connectivity index (χ4v) is 2.74. The van der Waals surface area contributed by atoms with Crippen molar-refractivity contribution in [1.29, 1.82) is 0 Å². The first-order valence-electron chi connectivity index (χ1n) is 7.95. The minimum Gasteiger partial charge on any atom is -0.497 e. The Balaban J connectivity index is 1.98. The Morgan fingerprint density at radius 2 is 1.68 bits per heavy atom. The fraction of sp³-hybridized carbons (Fsp3) is 0.263. The number of methoxy groups -OCH3 is 2. The van der Waals surface area contributed by atoms with Gasteiger partial charge in [-0.3, -0.25) is 0 Å². The van der Waals surface area contributed by atoms with E-state index in [0.29, 0.717) is 12.6 Å². The predicted octanol–water partition coefficient (Wildman–Crippen LogP) is 2.62. The van der Waals surface area contributed by atoms with Gasteiger partial charge in [0.15, 0.2) is 0 Å². The highest BCUT2D eigenvalue weighted by Gasteiger charge is 2.13. The monoisotopic (exact) mass is 339 g/mol. The third-order valence-corrected chi connectivity index (χ3v) is 4.26. The van der Waals surface area contributed by atoms with E-state index in [9.17, 15) is 4.79 Å². The molecule has 3 rings (SSSR count). The average molecular weight is 339 g/mol. The molecule has 1 aromatic heterocycles. The molecule has 0 saturated heterocycles. The van der Waals surface area contributed by atoms with E-state index < -0.39 is 0 Å². The second-order valence-corrected chi connectivity index (χ2v) is 5.85. The molecule has 0 aliphatic carbocycles. The van der Waals surface area contributed by atoms with E-state index in [0.717, 1.165) is 28.0 Å². The zero-order chi connectivity index (χ0) is 18.0. The SMILES string of the molecule is COc1ccc(-c2ccc(C)c(Cn3c(OC)nn(C)c3=O)c2)cc1. The molecule has 6 heteroatoms. The Bertz CT molecular complexity index is 940. The number of nitrogens with zero attached hydrogens (tertiary/aromatic N) is 3. The number of hydrogen-bond donors (Lipinski definition) is 0. The third-order valence-electron chi connectivity index (χ3n) is 4.26. The molecule has 25 heavy (non-hydrogen) atoms. The number of rotatable bonds is 5. The van der Waals surface area contributed by atoms with E-state index in [1.807, 2.05) is 31.2 Å². The molecular formula is C19H21N3O3. The molecule has 0 N–H and O–H groups in total. The number of aryl methyl sites for hydroxylation is 2.